The SMILES string of the molecule is Cc1ccc([C@@H]2C(=C(O)c3ccc(OCC(C)C)c(C)c3)C(=O)C(=O)N2CCCN2CCOCC2)cc1. The van der Waals surface area contributed by atoms with Gasteiger partial charge in [-0.25, -0.2) is 0 Å². The highest BCUT2D eigenvalue weighted by molar-refractivity contribution is 6.46. The maximum atomic E-state index is 13.3. The summed E-state index contributed by atoms with van der Waals surface area (Å²) in [6.45, 7) is 13.1. The van der Waals surface area contributed by atoms with E-state index >= 15 is 0 Å². The molecule has 0 bridgehead atoms. The van der Waals surface area contributed by atoms with Crippen LogP contribution in [0.4, 0.5) is 0 Å². The first-order chi connectivity index (χ1) is 17.8. The minimum absolute atomic E-state index is 0.135. The van der Waals surface area contributed by atoms with Crippen LogP contribution in [0.25, 0.3) is 5.76 Å². The number of rotatable bonds is 9. The van der Waals surface area contributed by atoms with E-state index in [9.17, 15) is 14.7 Å². The molecule has 37 heavy (non-hydrogen) atoms. The molecule has 2 aromatic rings. The third-order valence-corrected chi connectivity index (χ3v) is 6.93. The Labute approximate surface area is 219 Å². The van der Waals surface area contributed by atoms with E-state index in [4.69, 9.17) is 9.47 Å². The van der Waals surface area contributed by atoms with Crippen molar-refractivity contribution in [2.75, 3.05) is 46.0 Å². The fourth-order valence-corrected chi connectivity index (χ4v) is 4.87. The van der Waals surface area contributed by atoms with Crippen LogP contribution >= 0.6 is 0 Å². The summed E-state index contributed by atoms with van der Waals surface area (Å²) in [6.07, 6.45) is 0.733. The molecule has 2 saturated heterocycles. The van der Waals surface area contributed by atoms with Crippen LogP contribution in [-0.2, 0) is 14.3 Å². The number of aryl methyl sites for hydroxylation is 2. The van der Waals surface area contributed by atoms with Crippen LogP contribution < -0.4 is 4.74 Å². The van der Waals surface area contributed by atoms with Crippen molar-refractivity contribution in [2.45, 2.75) is 40.2 Å². The lowest BCUT2D eigenvalue weighted by molar-refractivity contribution is -0.140. The second-order valence-corrected chi connectivity index (χ2v) is 10.4. The van der Waals surface area contributed by atoms with Gasteiger partial charge in [0.1, 0.15) is 11.5 Å². The molecule has 7 nitrogen and oxygen atoms in total. The lowest BCUT2D eigenvalue weighted by Gasteiger charge is -2.29. The molecule has 2 fully saturated rings. The van der Waals surface area contributed by atoms with Gasteiger partial charge in [-0.3, -0.25) is 14.5 Å². The molecule has 7 heteroatoms. The van der Waals surface area contributed by atoms with Crippen LogP contribution in [0.3, 0.4) is 0 Å². The van der Waals surface area contributed by atoms with Crippen LogP contribution in [-0.4, -0.2) is 72.6 Å². The number of ether oxygens (including phenoxy) is 2. The molecule has 0 spiro atoms. The van der Waals surface area contributed by atoms with Gasteiger partial charge in [-0.05, 0) is 55.5 Å². The Hall–Kier alpha value is -3.16. The molecule has 1 atom stereocenters. The Kier molecular flexibility index (Phi) is 8.67. The molecule has 2 aliphatic heterocycles. The lowest BCUT2D eigenvalue weighted by Crippen LogP contribution is -2.38. The van der Waals surface area contributed by atoms with Gasteiger partial charge in [-0.2, -0.15) is 0 Å². The quantitative estimate of drug-likeness (QED) is 0.307. The van der Waals surface area contributed by atoms with Gasteiger partial charge < -0.3 is 19.5 Å². The number of morpholine rings is 1. The number of aliphatic hydroxyl groups is 1. The summed E-state index contributed by atoms with van der Waals surface area (Å²) in [5.41, 5.74) is 3.39. The van der Waals surface area contributed by atoms with Crippen molar-refractivity contribution in [3.05, 3.63) is 70.3 Å². The van der Waals surface area contributed by atoms with Gasteiger partial charge in [0.15, 0.2) is 0 Å². The van der Waals surface area contributed by atoms with Crippen molar-refractivity contribution in [3.63, 3.8) is 0 Å². The topological polar surface area (TPSA) is 79.3 Å². The van der Waals surface area contributed by atoms with E-state index in [0.29, 0.717) is 37.8 Å². The number of ketones is 1. The first kappa shape index (κ1) is 26.9. The largest absolute Gasteiger partial charge is 0.507 e. The molecule has 2 aromatic carbocycles. The summed E-state index contributed by atoms with van der Waals surface area (Å²) < 4.78 is 11.3. The maximum absolute atomic E-state index is 13.3. The zero-order valence-electron chi connectivity index (χ0n) is 22.3. The summed E-state index contributed by atoms with van der Waals surface area (Å²) >= 11 is 0. The van der Waals surface area contributed by atoms with Crippen LogP contribution in [0.15, 0.2) is 48.0 Å². The first-order valence-electron chi connectivity index (χ1n) is 13.1. The number of Topliss-reactive ketones (excluding diaryl/α,β-unsaturated/α-hetero) is 1. The normalized spacial score (nSPS) is 20.1. The van der Waals surface area contributed by atoms with E-state index in [-0.39, 0.29) is 11.3 Å². The molecule has 0 unspecified atom stereocenters. The summed E-state index contributed by atoms with van der Waals surface area (Å²) in [5.74, 6) is -0.238. The van der Waals surface area contributed by atoms with Gasteiger partial charge in [0.25, 0.3) is 11.7 Å². The second-order valence-electron chi connectivity index (χ2n) is 10.4. The molecule has 0 aliphatic carbocycles. The second kappa shape index (κ2) is 11.9. The molecular weight excluding hydrogens is 468 g/mol. The van der Waals surface area contributed by atoms with Crippen molar-refractivity contribution in [3.8, 4) is 5.75 Å². The molecular formula is C30H38N2O5. The summed E-state index contributed by atoms with van der Waals surface area (Å²) in [7, 11) is 0. The average molecular weight is 507 g/mol. The van der Waals surface area contributed by atoms with Crippen molar-refractivity contribution < 1.29 is 24.2 Å². The number of aliphatic hydroxyl groups excluding tert-OH is 1. The number of hydrogen-bond donors (Lipinski definition) is 1. The van der Waals surface area contributed by atoms with Gasteiger partial charge in [-0.15, -0.1) is 0 Å². The predicted molar refractivity (Wildman–Crippen MR) is 144 cm³/mol. The fourth-order valence-electron chi connectivity index (χ4n) is 4.87. The fraction of sp³-hybridized carbons (Fsp3) is 0.467. The Morgan fingerprint density at radius 2 is 1.76 bits per heavy atom. The monoisotopic (exact) mass is 506 g/mol. The van der Waals surface area contributed by atoms with Crippen LogP contribution in [0.1, 0.15) is 48.6 Å². The Balaban J connectivity index is 1.65. The number of amides is 1. The van der Waals surface area contributed by atoms with E-state index in [0.717, 1.165) is 48.5 Å². The minimum Gasteiger partial charge on any atom is -0.507 e. The Morgan fingerprint density at radius 3 is 2.41 bits per heavy atom. The molecule has 0 radical (unpaired) electrons. The third kappa shape index (κ3) is 6.22. The van der Waals surface area contributed by atoms with Crippen molar-refractivity contribution in [1.29, 1.82) is 0 Å². The van der Waals surface area contributed by atoms with Crippen LogP contribution in [0.5, 0.6) is 5.75 Å². The molecule has 2 heterocycles. The zero-order valence-corrected chi connectivity index (χ0v) is 22.3. The summed E-state index contributed by atoms with van der Waals surface area (Å²) in [5, 5.41) is 11.4. The van der Waals surface area contributed by atoms with E-state index < -0.39 is 17.7 Å². The molecule has 1 N–H and O–H groups in total. The van der Waals surface area contributed by atoms with Gasteiger partial charge in [0.2, 0.25) is 0 Å². The highest BCUT2D eigenvalue weighted by atomic mass is 16.5. The molecule has 198 valence electrons. The molecule has 0 saturated carbocycles. The molecule has 1 amide bonds. The first-order valence-corrected chi connectivity index (χ1v) is 13.1. The van der Waals surface area contributed by atoms with Crippen molar-refractivity contribution in [2.24, 2.45) is 5.92 Å². The van der Waals surface area contributed by atoms with Gasteiger partial charge >= 0.3 is 0 Å². The lowest BCUT2D eigenvalue weighted by atomic mass is 9.94. The Morgan fingerprint density at radius 1 is 1.05 bits per heavy atom. The number of likely N-dealkylation sites (tertiary alicyclic amines) is 1. The number of carbonyl (C=O) groups excluding carboxylic acids is 2. The number of hydrogen-bond acceptors (Lipinski definition) is 6. The average Bonchev–Trinajstić information content (AvgIpc) is 3.13. The number of nitrogens with zero attached hydrogens (tertiary/aromatic N) is 2. The predicted octanol–water partition coefficient (Wildman–Crippen LogP) is 4.48. The van der Waals surface area contributed by atoms with Gasteiger partial charge in [0, 0.05) is 31.7 Å². The highest BCUT2D eigenvalue weighted by Gasteiger charge is 2.45. The molecule has 2 aliphatic rings. The van der Waals surface area contributed by atoms with E-state index in [1.807, 2.05) is 50.2 Å². The van der Waals surface area contributed by atoms with E-state index in [2.05, 4.69) is 18.7 Å². The smallest absolute Gasteiger partial charge is 0.295 e. The minimum atomic E-state index is -0.646. The maximum Gasteiger partial charge on any atom is 0.295 e. The highest BCUT2D eigenvalue weighted by Crippen LogP contribution is 2.40. The number of carbonyl (C=O) groups is 2. The van der Waals surface area contributed by atoms with Crippen molar-refractivity contribution >= 4 is 17.4 Å². The van der Waals surface area contributed by atoms with E-state index in [1.54, 1.807) is 11.0 Å². The van der Waals surface area contributed by atoms with Gasteiger partial charge in [0.05, 0.1) is 31.4 Å². The summed E-state index contributed by atoms with van der Waals surface area (Å²) in [4.78, 5) is 30.5. The third-order valence-electron chi connectivity index (χ3n) is 6.93. The molecule has 4 rings (SSSR count). The number of benzene rings is 2. The zero-order chi connectivity index (χ0) is 26.5. The van der Waals surface area contributed by atoms with Crippen LogP contribution in [0.2, 0.25) is 0 Å². The van der Waals surface area contributed by atoms with Crippen LogP contribution in [0, 0.1) is 19.8 Å². The van der Waals surface area contributed by atoms with Crippen molar-refractivity contribution in [1.82, 2.24) is 9.80 Å². The summed E-state index contributed by atoms with van der Waals surface area (Å²) in [6, 6.07) is 12.5. The standard InChI is InChI=1S/C30H38N2O5/c1-20(2)19-37-25-11-10-24(18-22(25)4)28(33)26-27(23-8-6-21(3)7-9-23)32(30(35)29(26)34)13-5-12-31-14-16-36-17-15-31/h6-11,18,20,27,33H,5,12-17,19H2,1-4H3/t27-/m1/s1. The molecule has 0 aromatic heterocycles. The van der Waals surface area contributed by atoms with E-state index in [1.165, 1.54) is 0 Å². The van der Waals surface area contributed by atoms with Gasteiger partial charge in [-0.1, -0.05) is 43.7 Å². The Bertz CT molecular complexity index is 1150.